The van der Waals surface area contributed by atoms with Crippen molar-refractivity contribution in [3.63, 3.8) is 0 Å². The summed E-state index contributed by atoms with van der Waals surface area (Å²) in [5.74, 6) is 1.64. The van der Waals surface area contributed by atoms with Crippen LogP contribution in [0.2, 0.25) is 0 Å². The van der Waals surface area contributed by atoms with Crippen molar-refractivity contribution in [1.82, 2.24) is 4.98 Å². The lowest BCUT2D eigenvalue weighted by Crippen LogP contribution is -2.17. The van der Waals surface area contributed by atoms with E-state index in [1.165, 1.54) is 28.6 Å². The second kappa shape index (κ2) is 5.45. The number of nitrogens with one attached hydrogen (secondary N) is 2. The van der Waals surface area contributed by atoms with Gasteiger partial charge in [-0.2, -0.15) is 0 Å². The Morgan fingerprint density at radius 1 is 1.08 bits per heavy atom. The first kappa shape index (κ1) is 14.2. The highest BCUT2D eigenvalue weighted by molar-refractivity contribution is 9.10. The molecule has 24 heavy (non-hydrogen) atoms. The molecule has 5 rings (SSSR count). The van der Waals surface area contributed by atoms with E-state index in [1.54, 1.807) is 0 Å². The van der Waals surface area contributed by atoms with E-state index in [2.05, 4.69) is 50.5 Å². The largest absolute Gasteiger partial charge is 0.454 e. The summed E-state index contributed by atoms with van der Waals surface area (Å²) in [6.07, 6.45) is 3.44. The third-order valence-electron chi connectivity index (χ3n) is 4.88. The standard InChI is InChI=1S/C19H17BrN2O2/c20-11-4-6-15-14(8-11)13-2-1-3-16(19(13)22-15)21-12-5-7-17-18(9-12)24-10-23-17/h4-9,16,21-22H,1-3,10H2. The van der Waals surface area contributed by atoms with Crippen LogP contribution in [0.5, 0.6) is 11.5 Å². The maximum Gasteiger partial charge on any atom is 0.231 e. The Bertz CT molecular complexity index is 935. The van der Waals surface area contributed by atoms with Crippen LogP contribution in [-0.2, 0) is 6.42 Å². The summed E-state index contributed by atoms with van der Waals surface area (Å²) in [5, 5.41) is 4.99. The van der Waals surface area contributed by atoms with Crippen molar-refractivity contribution < 1.29 is 9.47 Å². The van der Waals surface area contributed by atoms with Gasteiger partial charge in [-0.25, -0.2) is 0 Å². The van der Waals surface area contributed by atoms with Crippen LogP contribution in [0, 0.1) is 0 Å². The number of H-pyrrole nitrogens is 1. The van der Waals surface area contributed by atoms with Gasteiger partial charge in [0.25, 0.3) is 0 Å². The number of aromatic amines is 1. The number of rotatable bonds is 2. The van der Waals surface area contributed by atoms with Crippen LogP contribution in [0.25, 0.3) is 10.9 Å². The molecule has 1 aliphatic carbocycles. The fraction of sp³-hybridized carbons (Fsp3) is 0.263. The predicted molar refractivity (Wildman–Crippen MR) is 97.9 cm³/mol. The first-order valence-corrected chi connectivity index (χ1v) is 9.03. The minimum atomic E-state index is 0.292. The zero-order chi connectivity index (χ0) is 16.1. The number of aromatic nitrogens is 1. The van der Waals surface area contributed by atoms with E-state index in [9.17, 15) is 0 Å². The first-order valence-electron chi connectivity index (χ1n) is 8.24. The molecule has 0 bridgehead atoms. The molecule has 1 aromatic heterocycles. The highest BCUT2D eigenvalue weighted by Crippen LogP contribution is 2.39. The van der Waals surface area contributed by atoms with Gasteiger partial charge in [-0.3, -0.25) is 0 Å². The summed E-state index contributed by atoms with van der Waals surface area (Å²) in [6.45, 7) is 0.309. The van der Waals surface area contributed by atoms with Crippen molar-refractivity contribution in [1.29, 1.82) is 0 Å². The van der Waals surface area contributed by atoms with Crippen molar-refractivity contribution in [2.75, 3.05) is 12.1 Å². The van der Waals surface area contributed by atoms with Gasteiger partial charge in [0.2, 0.25) is 6.79 Å². The van der Waals surface area contributed by atoms with Gasteiger partial charge in [-0.15, -0.1) is 0 Å². The summed E-state index contributed by atoms with van der Waals surface area (Å²) in [7, 11) is 0. The predicted octanol–water partition coefficient (Wildman–Crippen LogP) is 5.15. The van der Waals surface area contributed by atoms with Crippen LogP contribution in [0.4, 0.5) is 5.69 Å². The lowest BCUT2D eigenvalue weighted by atomic mass is 9.91. The summed E-state index contributed by atoms with van der Waals surface area (Å²) < 4.78 is 12.0. The number of fused-ring (bicyclic) bond motifs is 4. The zero-order valence-electron chi connectivity index (χ0n) is 13.1. The number of hydrogen-bond acceptors (Lipinski definition) is 3. The van der Waals surface area contributed by atoms with Gasteiger partial charge >= 0.3 is 0 Å². The molecular formula is C19H17BrN2O2. The Balaban J connectivity index is 1.51. The fourth-order valence-electron chi connectivity index (χ4n) is 3.77. The molecule has 4 nitrogen and oxygen atoms in total. The SMILES string of the molecule is Brc1ccc2[nH]c3c(c2c1)CCCC3Nc1ccc2c(c1)OCO2. The van der Waals surface area contributed by atoms with Crippen LogP contribution < -0.4 is 14.8 Å². The molecule has 0 amide bonds. The minimum Gasteiger partial charge on any atom is -0.454 e. The molecule has 2 aliphatic rings. The maximum atomic E-state index is 5.48. The lowest BCUT2D eigenvalue weighted by Gasteiger charge is -2.25. The molecule has 0 spiro atoms. The molecule has 3 aromatic rings. The molecule has 2 aromatic carbocycles. The smallest absolute Gasteiger partial charge is 0.231 e. The molecule has 5 heteroatoms. The zero-order valence-corrected chi connectivity index (χ0v) is 14.7. The van der Waals surface area contributed by atoms with E-state index in [0.29, 0.717) is 12.8 Å². The Morgan fingerprint density at radius 2 is 2.00 bits per heavy atom. The summed E-state index contributed by atoms with van der Waals surface area (Å²) >= 11 is 3.59. The summed E-state index contributed by atoms with van der Waals surface area (Å²) in [5.41, 5.74) is 5.03. The maximum absolute atomic E-state index is 5.48. The van der Waals surface area contributed by atoms with Crippen LogP contribution in [0.3, 0.4) is 0 Å². The molecule has 1 unspecified atom stereocenters. The van der Waals surface area contributed by atoms with Gasteiger partial charge in [0.05, 0.1) is 6.04 Å². The highest BCUT2D eigenvalue weighted by atomic mass is 79.9. The van der Waals surface area contributed by atoms with E-state index < -0.39 is 0 Å². The molecule has 0 saturated heterocycles. The first-order chi connectivity index (χ1) is 11.8. The number of aryl methyl sites for hydroxylation is 1. The quantitative estimate of drug-likeness (QED) is 0.642. The Labute approximate surface area is 148 Å². The van der Waals surface area contributed by atoms with Crippen molar-refractivity contribution in [2.45, 2.75) is 25.3 Å². The molecule has 0 saturated carbocycles. The van der Waals surface area contributed by atoms with Crippen LogP contribution >= 0.6 is 15.9 Å². The van der Waals surface area contributed by atoms with Crippen molar-refractivity contribution in [3.8, 4) is 11.5 Å². The van der Waals surface area contributed by atoms with E-state index in [-0.39, 0.29) is 0 Å². The average molecular weight is 385 g/mol. The fourth-order valence-corrected chi connectivity index (χ4v) is 4.13. The number of anilines is 1. The van der Waals surface area contributed by atoms with Gasteiger partial charge < -0.3 is 19.8 Å². The molecule has 2 heterocycles. The molecule has 2 N–H and O–H groups in total. The normalized spacial score (nSPS) is 18.6. The molecule has 122 valence electrons. The summed E-state index contributed by atoms with van der Waals surface area (Å²) in [6, 6.07) is 12.8. The number of hydrogen-bond donors (Lipinski definition) is 2. The van der Waals surface area contributed by atoms with Crippen molar-refractivity contribution >= 4 is 32.5 Å². The van der Waals surface area contributed by atoms with Crippen LogP contribution in [0.15, 0.2) is 40.9 Å². The van der Waals surface area contributed by atoms with Crippen molar-refractivity contribution in [2.24, 2.45) is 0 Å². The van der Waals surface area contributed by atoms with Crippen LogP contribution in [0.1, 0.15) is 30.1 Å². The highest BCUT2D eigenvalue weighted by Gasteiger charge is 2.25. The molecular weight excluding hydrogens is 368 g/mol. The molecule has 1 atom stereocenters. The number of benzene rings is 2. The monoisotopic (exact) mass is 384 g/mol. The third kappa shape index (κ3) is 2.26. The van der Waals surface area contributed by atoms with E-state index in [4.69, 9.17) is 9.47 Å². The van der Waals surface area contributed by atoms with Gasteiger partial charge in [-0.1, -0.05) is 15.9 Å². The van der Waals surface area contributed by atoms with Gasteiger partial charge in [0.15, 0.2) is 11.5 Å². The summed E-state index contributed by atoms with van der Waals surface area (Å²) in [4.78, 5) is 3.63. The van der Waals surface area contributed by atoms with Gasteiger partial charge in [0.1, 0.15) is 0 Å². The molecule has 0 fully saturated rings. The number of halogens is 1. The van der Waals surface area contributed by atoms with E-state index >= 15 is 0 Å². The molecule has 1 aliphatic heterocycles. The second-order valence-corrected chi connectivity index (χ2v) is 7.28. The van der Waals surface area contributed by atoms with E-state index in [0.717, 1.165) is 34.5 Å². The van der Waals surface area contributed by atoms with E-state index in [1.807, 2.05) is 12.1 Å². The Kier molecular flexibility index (Phi) is 3.23. The second-order valence-electron chi connectivity index (χ2n) is 6.36. The topological polar surface area (TPSA) is 46.3 Å². The van der Waals surface area contributed by atoms with Gasteiger partial charge in [0, 0.05) is 32.8 Å². The van der Waals surface area contributed by atoms with Gasteiger partial charge in [-0.05, 0) is 55.2 Å². The minimum absolute atomic E-state index is 0.292. The van der Waals surface area contributed by atoms with Crippen molar-refractivity contribution in [3.05, 3.63) is 52.1 Å². The molecule has 0 radical (unpaired) electrons. The number of ether oxygens (including phenoxy) is 2. The lowest BCUT2D eigenvalue weighted by molar-refractivity contribution is 0.174. The third-order valence-corrected chi connectivity index (χ3v) is 5.38. The Morgan fingerprint density at radius 3 is 2.96 bits per heavy atom. The Hall–Kier alpha value is -2.14. The van der Waals surface area contributed by atoms with Crippen LogP contribution in [-0.4, -0.2) is 11.8 Å². The average Bonchev–Trinajstić information content (AvgIpc) is 3.19.